The third-order valence-corrected chi connectivity index (χ3v) is 4.17. The minimum Gasteiger partial charge on any atom is -0.380 e. The summed E-state index contributed by atoms with van der Waals surface area (Å²) in [5.41, 5.74) is 0. The Bertz CT molecular complexity index is 259. The van der Waals surface area contributed by atoms with Crippen LogP contribution in [0, 0.1) is 5.92 Å². The Kier molecular flexibility index (Phi) is 3.32. The number of sulfonamides is 1. The SMILES string of the molecule is CO[C@H](C1CCC1)[C@H](C)S(N)(=O)=O. The third-order valence-electron chi connectivity index (χ3n) is 2.87. The molecule has 13 heavy (non-hydrogen) atoms. The lowest BCUT2D eigenvalue weighted by atomic mass is 9.80. The highest BCUT2D eigenvalue weighted by molar-refractivity contribution is 7.89. The molecule has 0 spiro atoms. The van der Waals surface area contributed by atoms with E-state index in [-0.39, 0.29) is 6.10 Å². The maximum atomic E-state index is 11.1. The Morgan fingerprint density at radius 2 is 2.00 bits per heavy atom. The predicted octanol–water partition coefficient (Wildman–Crippen LogP) is 0.479. The molecule has 1 saturated carbocycles. The summed E-state index contributed by atoms with van der Waals surface area (Å²) < 4.78 is 27.3. The zero-order valence-corrected chi connectivity index (χ0v) is 8.88. The first-order chi connectivity index (χ1) is 5.96. The van der Waals surface area contributed by atoms with E-state index >= 15 is 0 Å². The minimum atomic E-state index is -3.46. The fourth-order valence-corrected chi connectivity index (χ4v) is 2.43. The van der Waals surface area contributed by atoms with E-state index in [2.05, 4.69) is 0 Å². The van der Waals surface area contributed by atoms with Crippen molar-refractivity contribution in [2.75, 3.05) is 7.11 Å². The molecule has 2 atom stereocenters. The predicted molar refractivity (Wildman–Crippen MR) is 50.7 cm³/mol. The molecular weight excluding hydrogens is 190 g/mol. The minimum absolute atomic E-state index is 0.233. The van der Waals surface area contributed by atoms with Crippen LogP contribution in [0.25, 0.3) is 0 Å². The summed E-state index contributed by atoms with van der Waals surface area (Å²) >= 11 is 0. The Morgan fingerprint density at radius 3 is 2.23 bits per heavy atom. The van der Waals surface area contributed by atoms with Crippen LogP contribution in [0.1, 0.15) is 26.2 Å². The highest BCUT2D eigenvalue weighted by atomic mass is 32.2. The summed E-state index contributed by atoms with van der Waals surface area (Å²) in [4.78, 5) is 0. The lowest BCUT2D eigenvalue weighted by molar-refractivity contribution is 0.0193. The fraction of sp³-hybridized carbons (Fsp3) is 1.00. The van der Waals surface area contributed by atoms with E-state index in [1.54, 1.807) is 14.0 Å². The van der Waals surface area contributed by atoms with Crippen molar-refractivity contribution < 1.29 is 13.2 Å². The van der Waals surface area contributed by atoms with Crippen molar-refractivity contribution in [2.45, 2.75) is 37.5 Å². The van der Waals surface area contributed by atoms with Crippen LogP contribution in [-0.2, 0) is 14.8 Å². The molecule has 0 aromatic heterocycles. The first-order valence-electron chi connectivity index (χ1n) is 4.51. The summed E-state index contributed by atoms with van der Waals surface area (Å²) in [5.74, 6) is 0.373. The average Bonchev–Trinajstić information content (AvgIpc) is 1.93. The fourth-order valence-electron chi connectivity index (χ4n) is 1.72. The van der Waals surface area contributed by atoms with Gasteiger partial charge in [-0.2, -0.15) is 0 Å². The van der Waals surface area contributed by atoms with E-state index < -0.39 is 15.3 Å². The number of hydrogen-bond acceptors (Lipinski definition) is 3. The molecular formula is C8H17NO3S. The second-order valence-electron chi connectivity index (χ2n) is 3.69. The van der Waals surface area contributed by atoms with Gasteiger partial charge in [0.1, 0.15) is 0 Å². The normalized spacial score (nSPS) is 23.6. The smallest absolute Gasteiger partial charge is 0.214 e. The maximum Gasteiger partial charge on any atom is 0.214 e. The molecule has 4 nitrogen and oxygen atoms in total. The van der Waals surface area contributed by atoms with Crippen molar-refractivity contribution in [3.63, 3.8) is 0 Å². The molecule has 0 aliphatic heterocycles. The topological polar surface area (TPSA) is 69.4 Å². The molecule has 1 aliphatic rings. The molecule has 0 aromatic rings. The lowest BCUT2D eigenvalue weighted by Gasteiger charge is -2.35. The average molecular weight is 207 g/mol. The van der Waals surface area contributed by atoms with E-state index in [0.29, 0.717) is 5.92 Å². The van der Waals surface area contributed by atoms with Gasteiger partial charge in [-0.05, 0) is 25.7 Å². The highest BCUT2D eigenvalue weighted by Crippen LogP contribution is 2.33. The summed E-state index contributed by atoms with van der Waals surface area (Å²) in [6.45, 7) is 1.61. The molecule has 1 fully saturated rings. The van der Waals surface area contributed by atoms with Crippen LogP contribution in [0.4, 0.5) is 0 Å². The van der Waals surface area contributed by atoms with Gasteiger partial charge in [0, 0.05) is 7.11 Å². The standard InChI is InChI=1S/C8H17NO3S/c1-6(13(9,10)11)8(12-2)7-4-3-5-7/h6-8H,3-5H2,1-2H3,(H2,9,10,11)/t6-,8-/m0/s1. The van der Waals surface area contributed by atoms with Gasteiger partial charge in [-0.15, -0.1) is 0 Å². The van der Waals surface area contributed by atoms with E-state index in [1.807, 2.05) is 0 Å². The van der Waals surface area contributed by atoms with Gasteiger partial charge in [-0.1, -0.05) is 6.42 Å². The summed E-state index contributed by atoms with van der Waals surface area (Å²) in [5, 5.41) is 4.47. The van der Waals surface area contributed by atoms with Crippen LogP contribution in [-0.4, -0.2) is 26.9 Å². The first kappa shape index (κ1) is 10.9. The van der Waals surface area contributed by atoms with Crippen molar-refractivity contribution in [3.05, 3.63) is 0 Å². The Morgan fingerprint density at radius 1 is 1.46 bits per heavy atom. The molecule has 1 aliphatic carbocycles. The number of primary sulfonamides is 1. The van der Waals surface area contributed by atoms with E-state index in [1.165, 1.54) is 6.42 Å². The van der Waals surface area contributed by atoms with Crippen molar-refractivity contribution in [3.8, 4) is 0 Å². The van der Waals surface area contributed by atoms with Gasteiger partial charge in [-0.25, -0.2) is 13.6 Å². The molecule has 5 heteroatoms. The molecule has 2 N–H and O–H groups in total. The Balaban J connectivity index is 2.65. The van der Waals surface area contributed by atoms with Crippen LogP contribution >= 0.6 is 0 Å². The maximum absolute atomic E-state index is 11.1. The van der Waals surface area contributed by atoms with Gasteiger partial charge in [-0.3, -0.25) is 0 Å². The zero-order chi connectivity index (χ0) is 10.1. The van der Waals surface area contributed by atoms with Crippen LogP contribution in [0.5, 0.6) is 0 Å². The monoisotopic (exact) mass is 207 g/mol. The van der Waals surface area contributed by atoms with E-state index in [0.717, 1.165) is 12.8 Å². The number of hydrogen-bond donors (Lipinski definition) is 1. The number of rotatable bonds is 4. The third kappa shape index (κ3) is 2.42. The van der Waals surface area contributed by atoms with Gasteiger partial charge < -0.3 is 4.74 Å². The first-order valence-corrected chi connectivity index (χ1v) is 6.12. The molecule has 0 aromatic carbocycles. The number of methoxy groups -OCH3 is 1. The quantitative estimate of drug-likeness (QED) is 0.729. The summed E-state index contributed by atoms with van der Waals surface area (Å²) in [6.07, 6.45) is 3.04. The van der Waals surface area contributed by atoms with Crippen molar-refractivity contribution in [2.24, 2.45) is 11.1 Å². The summed E-state index contributed by atoms with van der Waals surface area (Å²) in [7, 11) is -1.91. The van der Waals surface area contributed by atoms with E-state index in [4.69, 9.17) is 9.88 Å². The molecule has 0 unspecified atom stereocenters. The van der Waals surface area contributed by atoms with Crippen molar-refractivity contribution >= 4 is 10.0 Å². The van der Waals surface area contributed by atoms with Crippen LogP contribution in [0.2, 0.25) is 0 Å². The highest BCUT2D eigenvalue weighted by Gasteiger charge is 2.36. The second-order valence-corrected chi connectivity index (χ2v) is 5.61. The van der Waals surface area contributed by atoms with Gasteiger partial charge in [0.15, 0.2) is 0 Å². The molecule has 78 valence electrons. The number of ether oxygens (including phenoxy) is 1. The van der Waals surface area contributed by atoms with Crippen LogP contribution in [0.3, 0.4) is 0 Å². The lowest BCUT2D eigenvalue weighted by Crippen LogP contribution is -2.43. The molecule has 1 rings (SSSR count). The molecule has 0 bridgehead atoms. The van der Waals surface area contributed by atoms with Gasteiger partial charge in [0.25, 0.3) is 0 Å². The molecule has 0 radical (unpaired) electrons. The van der Waals surface area contributed by atoms with Gasteiger partial charge in [0.2, 0.25) is 10.0 Å². The zero-order valence-electron chi connectivity index (χ0n) is 8.06. The van der Waals surface area contributed by atoms with Gasteiger partial charge in [0.05, 0.1) is 11.4 Å². The van der Waals surface area contributed by atoms with Crippen LogP contribution in [0.15, 0.2) is 0 Å². The molecule has 0 saturated heterocycles. The number of nitrogens with two attached hydrogens (primary N) is 1. The molecule has 0 heterocycles. The largest absolute Gasteiger partial charge is 0.380 e. The molecule has 0 amide bonds. The Labute approximate surface area is 79.5 Å². The van der Waals surface area contributed by atoms with Crippen molar-refractivity contribution in [1.82, 2.24) is 0 Å². The van der Waals surface area contributed by atoms with E-state index in [9.17, 15) is 8.42 Å². The Hall–Kier alpha value is -0.130. The van der Waals surface area contributed by atoms with Crippen LogP contribution < -0.4 is 5.14 Å². The van der Waals surface area contributed by atoms with Gasteiger partial charge >= 0.3 is 0 Å². The summed E-state index contributed by atoms with van der Waals surface area (Å²) in [6, 6.07) is 0. The second kappa shape index (κ2) is 3.94. The van der Waals surface area contributed by atoms with Crippen molar-refractivity contribution in [1.29, 1.82) is 0 Å².